The van der Waals surface area contributed by atoms with Gasteiger partial charge in [0.15, 0.2) is 0 Å². The van der Waals surface area contributed by atoms with E-state index in [9.17, 15) is 14.4 Å². The molecule has 2 amide bonds. The lowest BCUT2D eigenvalue weighted by Gasteiger charge is -2.55. The highest BCUT2D eigenvalue weighted by Gasteiger charge is 2.72. The minimum Gasteiger partial charge on any atom is -0.458 e. The molecule has 3 aromatic carbocycles. The van der Waals surface area contributed by atoms with Gasteiger partial charge in [0.05, 0.1) is 31.7 Å². The van der Waals surface area contributed by atoms with Crippen LogP contribution in [0.25, 0.3) is 0 Å². The van der Waals surface area contributed by atoms with Gasteiger partial charge < -0.3 is 4.74 Å². The number of amides is 2. The summed E-state index contributed by atoms with van der Waals surface area (Å²) in [5.74, 6) is -1.05. The smallest absolute Gasteiger partial charge is 0.338 e. The molecule has 1 saturated carbocycles. The maximum absolute atomic E-state index is 14.4. The van der Waals surface area contributed by atoms with Gasteiger partial charge in [0.2, 0.25) is 11.8 Å². The first kappa shape index (κ1) is 28.0. The first-order chi connectivity index (χ1) is 20.1. The van der Waals surface area contributed by atoms with Gasteiger partial charge in [0.1, 0.15) is 6.10 Å². The Morgan fingerprint density at radius 3 is 1.86 bits per heavy atom. The molecular weight excluding hydrogens is 658 g/mol. The molecule has 0 radical (unpaired) electrons. The van der Waals surface area contributed by atoms with Crippen molar-refractivity contribution in [2.45, 2.75) is 54.8 Å². The Labute approximate surface area is 263 Å². The van der Waals surface area contributed by atoms with E-state index >= 15 is 0 Å². The SMILES string of the molecule is CC(C)[C@H]1CC[C@@H](C)C[C@H]1OC(=O)c1cccc(N2C(=O)[C@@H]3[C@H](C2=O)C2(Br)c4ccccc4C3(Br)c3ccccc32)c1. The molecule has 7 heteroatoms. The summed E-state index contributed by atoms with van der Waals surface area (Å²) in [5.41, 5.74) is 4.70. The number of ether oxygens (including phenoxy) is 1. The van der Waals surface area contributed by atoms with Crippen molar-refractivity contribution in [3.05, 3.63) is 101 Å². The number of alkyl halides is 2. The van der Waals surface area contributed by atoms with Crippen LogP contribution in [0, 0.1) is 29.6 Å². The zero-order valence-corrected chi connectivity index (χ0v) is 27.0. The number of anilines is 1. The van der Waals surface area contributed by atoms with E-state index in [1.54, 1.807) is 24.3 Å². The summed E-state index contributed by atoms with van der Waals surface area (Å²) >= 11 is 8.10. The van der Waals surface area contributed by atoms with Crippen molar-refractivity contribution in [1.82, 2.24) is 0 Å². The van der Waals surface area contributed by atoms with Crippen LogP contribution < -0.4 is 4.90 Å². The first-order valence-corrected chi connectivity index (χ1v) is 16.4. The van der Waals surface area contributed by atoms with Gasteiger partial charge in [-0.2, -0.15) is 0 Å². The van der Waals surface area contributed by atoms with E-state index in [4.69, 9.17) is 4.74 Å². The Bertz CT molecular complexity index is 1510. The van der Waals surface area contributed by atoms with Gasteiger partial charge in [0.25, 0.3) is 0 Å². The van der Waals surface area contributed by atoms with Crippen molar-refractivity contribution in [3.63, 3.8) is 0 Å². The van der Waals surface area contributed by atoms with Crippen LogP contribution in [0.2, 0.25) is 0 Å². The van der Waals surface area contributed by atoms with Gasteiger partial charge >= 0.3 is 5.97 Å². The van der Waals surface area contributed by atoms with E-state index in [0.29, 0.717) is 29.0 Å². The highest BCUT2D eigenvalue weighted by Crippen LogP contribution is 2.70. The molecule has 0 unspecified atom stereocenters. The number of nitrogens with zero attached hydrogens (tertiary/aromatic N) is 1. The fourth-order valence-corrected chi connectivity index (χ4v) is 10.5. The van der Waals surface area contributed by atoms with E-state index < -0.39 is 26.5 Å². The molecule has 1 aliphatic heterocycles. The van der Waals surface area contributed by atoms with Crippen LogP contribution in [-0.2, 0) is 23.0 Å². The summed E-state index contributed by atoms with van der Waals surface area (Å²) in [7, 11) is 0. The Kier molecular flexibility index (Phi) is 6.59. The Hall–Kier alpha value is -2.77. The van der Waals surface area contributed by atoms with Gasteiger partial charge in [0, 0.05) is 0 Å². The molecule has 0 N–H and O–H groups in total. The third-order valence-corrected chi connectivity index (χ3v) is 12.8. The summed E-state index contributed by atoms with van der Waals surface area (Å²) in [4.78, 5) is 43.5. The second-order valence-electron chi connectivity index (χ2n) is 12.8. The maximum atomic E-state index is 14.4. The molecule has 5 nitrogen and oxygen atoms in total. The number of esters is 1. The summed E-state index contributed by atoms with van der Waals surface area (Å²) in [6.07, 6.45) is 2.90. The molecule has 5 atom stereocenters. The predicted molar refractivity (Wildman–Crippen MR) is 169 cm³/mol. The van der Waals surface area contributed by atoms with Crippen LogP contribution in [0.5, 0.6) is 0 Å². The molecule has 8 rings (SSSR count). The zero-order chi connectivity index (χ0) is 29.6. The van der Waals surface area contributed by atoms with Gasteiger partial charge in [-0.3, -0.25) is 9.59 Å². The highest BCUT2D eigenvalue weighted by molar-refractivity contribution is 9.10. The van der Waals surface area contributed by atoms with Crippen LogP contribution in [0.4, 0.5) is 5.69 Å². The lowest BCUT2D eigenvalue weighted by molar-refractivity contribution is -0.122. The number of carbonyl (C=O) groups excluding carboxylic acids is 3. The lowest BCUT2D eigenvalue weighted by atomic mass is 9.54. The highest BCUT2D eigenvalue weighted by atomic mass is 79.9. The van der Waals surface area contributed by atoms with Crippen molar-refractivity contribution < 1.29 is 19.1 Å². The molecule has 42 heavy (non-hydrogen) atoms. The van der Waals surface area contributed by atoms with E-state index in [1.807, 2.05) is 48.5 Å². The molecule has 1 heterocycles. The largest absolute Gasteiger partial charge is 0.458 e. The maximum Gasteiger partial charge on any atom is 0.338 e. The number of hydrogen-bond acceptors (Lipinski definition) is 4. The van der Waals surface area contributed by atoms with Crippen LogP contribution in [-0.4, -0.2) is 23.9 Å². The van der Waals surface area contributed by atoms with E-state index in [2.05, 4.69) is 52.6 Å². The van der Waals surface area contributed by atoms with Gasteiger partial charge in [-0.1, -0.05) is 114 Å². The van der Waals surface area contributed by atoms with Gasteiger partial charge in [-0.25, -0.2) is 9.69 Å². The average molecular weight is 691 g/mol. The van der Waals surface area contributed by atoms with Crippen molar-refractivity contribution in [3.8, 4) is 0 Å². The Balaban J connectivity index is 1.26. The minimum absolute atomic E-state index is 0.142. The molecule has 3 aromatic rings. The van der Waals surface area contributed by atoms with Crippen molar-refractivity contribution in [1.29, 1.82) is 0 Å². The molecule has 0 aromatic heterocycles. The first-order valence-electron chi connectivity index (χ1n) is 14.8. The van der Waals surface area contributed by atoms with Crippen LogP contribution in [0.3, 0.4) is 0 Å². The van der Waals surface area contributed by atoms with Crippen LogP contribution >= 0.6 is 31.9 Å². The average Bonchev–Trinajstić information content (AvgIpc) is 3.26. The molecule has 2 bridgehead atoms. The molecule has 0 spiro atoms. The molecular formula is C35H33Br2NO4. The van der Waals surface area contributed by atoms with E-state index in [1.165, 1.54) is 4.90 Å². The lowest BCUT2D eigenvalue weighted by Crippen LogP contribution is -2.56. The third-order valence-electron chi connectivity index (χ3n) is 10.1. The van der Waals surface area contributed by atoms with E-state index in [0.717, 1.165) is 41.5 Å². The molecule has 216 valence electrons. The van der Waals surface area contributed by atoms with Gasteiger partial charge in [-0.05, 0) is 71.0 Å². The number of halogens is 2. The van der Waals surface area contributed by atoms with Crippen LogP contribution in [0.1, 0.15) is 72.6 Å². The zero-order valence-electron chi connectivity index (χ0n) is 23.8. The minimum atomic E-state index is -0.859. The Morgan fingerprint density at radius 1 is 0.833 bits per heavy atom. The number of hydrogen-bond donors (Lipinski definition) is 0. The fourth-order valence-electron chi connectivity index (χ4n) is 8.15. The second kappa shape index (κ2) is 9.88. The monoisotopic (exact) mass is 689 g/mol. The summed E-state index contributed by atoms with van der Waals surface area (Å²) < 4.78 is 4.39. The molecule has 2 fully saturated rings. The van der Waals surface area contributed by atoms with Gasteiger partial charge in [-0.15, -0.1) is 0 Å². The standard InChI is InChI=1S/C35H33Br2NO4/c1-19(2)23-16-15-20(3)17-28(23)42-33(41)21-9-8-10-22(18-21)38-31(39)29-30(32(38)40)35(37)25-12-5-4-11-24(25)34(29,36)26-13-6-7-14-27(26)35/h4-14,18-20,23,28-30H,15-17H2,1-3H3/t20-,23-,28-,29-,30+,34?,35?/m1/s1. The fraction of sp³-hybridized carbons (Fsp3) is 0.400. The number of benzene rings is 3. The quantitative estimate of drug-likeness (QED) is 0.160. The predicted octanol–water partition coefficient (Wildman–Crippen LogP) is 7.71. The third kappa shape index (κ3) is 3.75. The van der Waals surface area contributed by atoms with Crippen molar-refractivity contribution >= 4 is 55.3 Å². The molecule has 4 aliphatic carbocycles. The van der Waals surface area contributed by atoms with Crippen LogP contribution in [0.15, 0.2) is 72.8 Å². The van der Waals surface area contributed by atoms with E-state index in [-0.39, 0.29) is 17.9 Å². The molecule has 1 saturated heterocycles. The number of imide groups is 1. The number of carbonyl (C=O) groups is 3. The molecule has 5 aliphatic rings. The summed E-state index contributed by atoms with van der Waals surface area (Å²) in [6.45, 7) is 6.57. The second-order valence-corrected chi connectivity index (χ2v) is 15.3. The Morgan fingerprint density at radius 2 is 1.36 bits per heavy atom. The van der Waals surface area contributed by atoms with Crippen molar-refractivity contribution in [2.75, 3.05) is 4.90 Å². The summed E-state index contributed by atoms with van der Waals surface area (Å²) in [6, 6.07) is 22.9. The number of rotatable bonds is 4. The normalized spacial score (nSPS) is 32.9. The summed E-state index contributed by atoms with van der Waals surface area (Å²) in [5, 5.41) is 0. The topological polar surface area (TPSA) is 63.7 Å². The van der Waals surface area contributed by atoms with Crippen molar-refractivity contribution in [2.24, 2.45) is 29.6 Å².